The number of hydrogen-bond acceptors (Lipinski definition) is 9. The highest BCUT2D eigenvalue weighted by Crippen LogP contribution is 2.38. The van der Waals surface area contributed by atoms with Gasteiger partial charge in [0.2, 0.25) is 0 Å². The average Bonchev–Trinajstić information content (AvgIpc) is 3.35. The molecule has 1 aromatic carbocycles. The fourth-order valence-corrected chi connectivity index (χ4v) is 5.13. The Morgan fingerprint density at radius 2 is 1.83 bits per heavy atom. The van der Waals surface area contributed by atoms with Gasteiger partial charge in [-0.3, -0.25) is 9.48 Å². The van der Waals surface area contributed by atoms with Crippen molar-refractivity contribution in [3.8, 4) is 17.0 Å². The van der Waals surface area contributed by atoms with Crippen LogP contribution in [0.2, 0.25) is 0 Å². The van der Waals surface area contributed by atoms with Gasteiger partial charge in [0.05, 0.1) is 28.7 Å². The normalized spacial score (nSPS) is 14.0. The smallest absolute Gasteiger partial charge is 0.410 e. The molecular weight excluding hydrogens is 538 g/mol. The third-order valence-corrected chi connectivity index (χ3v) is 7.11. The van der Waals surface area contributed by atoms with Crippen LogP contribution in [0, 0.1) is 6.92 Å². The molecule has 0 radical (unpaired) electrons. The largest absolute Gasteiger partial charge is 0.466 e. The molecule has 1 fully saturated rings. The minimum absolute atomic E-state index is 0.0465. The molecule has 4 aromatic rings. The number of rotatable bonds is 6. The Morgan fingerprint density at radius 1 is 1.10 bits per heavy atom. The fraction of sp³-hybridized carbons (Fsp3) is 0.433. The number of ether oxygens (including phenoxy) is 3. The standard InChI is InChI=1S/C30H37N7O5/c1-18-25-19(16-35(6)34-25)12-23(26(18)41-17-40-7)24-14-22(28(38)31-5)21-13-20(15-32-27(21)33-24)36-8-10-37(11-9-36)29(39)42-30(2,3)4/h12-16H,8-11,17H2,1-7H3,(H,31,38). The Bertz CT molecular complexity index is 1650. The van der Waals surface area contributed by atoms with Crippen molar-refractivity contribution in [1.82, 2.24) is 30.0 Å². The summed E-state index contributed by atoms with van der Waals surface area (Å²) in [5, 5.41) is 8.88. The molecule has 0 atom stereocenters. The summed E-state index contributed by atoms with van der Waals surface area (Å²) in [5.74, 6) is 0.327. The lowest BCUT2D eigenvalue weighted by Crippen LogP contribution is -2.50. The van der Waals surface area contributed by atoms with E-state index < -0.39 is 5.60 Å². The molecule has 0 aliphatic carbocycles. The molecule has 1 aliphatic rings. The highest BCUT2D eigenvalue weighted by atomic mass is 16.7. The number of fused-ring (bicyclic) bond motifs is 2. The van der Waals surface area contributed by atoms with Gasteiger partial charge in [-0.15, -0.1) is 0 Å². The van der Waals surface area contributed by atoms with E-state index in [0.717, 1.165) is 22.2 Å². The number of pyridine rings is 2. The molecule has 3 aromatic heterocycles. The van der Waals surface area contributed by atoms with Gasteiger partial charge in [-0.1, -0.05) is 0 Å². The number of aryl methyl sites for hydroxylation is 2. The van der Waals surface area contributed by atoms with E-state index in [-0.39, 0.29) is 18.8 Å². The van der Waals surface area contributed by atoms with Gasteiger partial charge in [-0.05, 0) is 45.9 Å². The number of piperazine rings is 1. The van der Waals surface area contributed by atoms with Gasteiger partial charge in [0.25, 0.3) is 5.91 Å². The number of carbonyl (C=O) groups is 2. The van der Waals surface area contributed by atoms with Crippen LogP contribution >= 0.6 is 0 Å². The molecule has 5 rings (SSSR count). The van der Waals surface area contributed by atoms with Crippen molar-refractivity contribution in [2.24, 2.45) is 7.05 Å². The summed E-state index contributed by atoms with van der Waals surface area (Å²) < 4.78 is 18.5. The van der Waals surface area contributed by atoms with Gasteiger partial charge in [-0.2, -0.15) is 5.10 Å². The molecular formula is C30H37N7O5. The molecule has 2 amide bonds. The number of hydrogen-bond donors (Lipinski definition) is 1. The molecule has 0 unspecified atom stereocenters. The average molecular weight is 576 g/mol. The maximum Gasteiger partial charge on any atom is 0.410 e. The topological polar surface area (TPSA) is 124 Å². The van der Waals surface area contributed by atoms with Crippen LogP contribution in [0.15, 0.2) is 30.6 Å². The zero-order valence-corrected chi connectivity index (χ0v) is 25.1. The summed E-state index contributed by atoms with van der Waals surface area (Å²) in [5.41, 5.74) is 4.10. The van der Waals surface area contributed by atoms with E-state index in [1.807, 2.05) is 53.1 Å². The molecule has 0 saturated carbocycles. The number of aromatic nitrogens is 4. The molecule has 222 valence electrons. The van der Waals surface area contributed by atoms with Crippen LogP contribution in [-0.2, 0) is 16.5 Å². The number of amides is 2. The van der Waals surface area contributed by atoms with Crippen molar-refractivity contribution < 1.29 is 23.8 Å². The van der Waals surface area contributed by atoms with Crippen LogP contribution in [0.25, 0.3) is 33.2 Å². The Labute approximate surface area is 244 Å². The van der Waals surface area contributed by atoms with Crippen molar-refractivity contribution in [2.45, 2.75) is 33.3 Å². The van der Waals surface area contributed by atoms with Gasteiger partial charge < -0.3 is 29.3 Å². The predicted molar refractivity (Wildman–Crippen MR) is 160 cm³/mol. The van der Waals surface area contributed by atoms with E-state index in [0.29, 0.717) is 59.8 Å². The molecule has 1 aliphatic heterocycles. The van der Waals surface area contributed by atoms with E-state index in [4.69, 9.17) is 19.2 Å². The number of benzene rings is 1. The third-order valence-electron chi connectivity index (χ3n) is 7.11. The highest BCUT2D eigenvalue weighted by molar-refractivity contribution is 6.07. The molecule has 4 heterocycles. The zero-order valence-electron chi connectivity index (χ0n) is 25.1. The Hall–Kier alpha value is -4.45. The summed E-state index contributed by atoms with van der Waals surface area (Å²) in [4.78, 5) is 39.1. The minimum Gasteiger partial charge on any atom is -0.466 e. The first-order chi connectivity index (χ1) is 20.0. The van der Waals surface area contributed by atoms with E-state index >= 15 is 0 Å². The Balaban J connectivity index is 1.52. The van der Waals surface area contributed by atoms with Crippen molar-refractivity contribution in [1.29, 1.82) is 0 Å². The van der Waals surface area contributed by atoms with Crippen molar-refractivity contribution in [3.05, 3.63) is 41.7 Å². The van der Waals surface area contributed by atoms with E-state index in [9.17, 15) is 9.59 Å². The van der Waals surface area contributed by atoms with Crippen LogP contribution in [0.4, 0.5) is 10.5 Å². The maximum atomic E-state index is 13.2. The number of anilines is 1. The summed E-state index contributed by atoms with van der Waals surface area (Å²) in [6.07, 6.45) is 3.37. The molecule has 42 heavy (non-hydrogen) atoms. The van der Waals surface area contributed by atoms with E-state index in [2.05, 4.69) is 20.3 Å². The number of nitrogens with zero attached hydrogens (tertiary/aromatic N) is 6. The first kappa shape index (κ1) is 29.1. The first-order valence-corrected chi connectivity index (χ1v) is 13.8. The molecule has 1 N–H and O–H groups in total. The van der Waals surface area contributed by atoms with Crippen LogP contribution in [0.1, 0.15) is 36.7 Å². The summed E-state index contributed by atoms with van der Waals surface area (Å²) in [6, 6.07) is 5.66. The monoisotopic (exact) mass is 575 g/mol. The molecule has 1 saturated heterocycles. The number of carbonyl (C=O) groups excluding carboxylic acids is 2. The first-order valence-electron chi connectivity index (χ1n) is 13.8. The summed E-state index contributed by atoms with van der Waals surface area (Å²) in [6.45, 7) is 9.82. The number of methoxy groups -OCH3 is 1. The van der Waals surface area contributed by atoms with Crippen molar-refractivity contribution in [3.63, 3.8) is 0 Å². The van der Waals surface area contributed by atoms with Gasteiger partial charge in [-0.25, -0.2) is 14.8 Å². The SMILES string of the molecule is CNC(=O)c1cc(-c2cc3cn(C)nc3c(C)c2OCOC)nc2ncc(N3CCN(C(=O)OC(C)(C)C)CC3)cc12. The fourth-order valence-electron chi connectivity index (χ4n) is 5.13. The zero-order chi connectivity index (χ0) is 30.2. The predicted octanol–water partition coefficient (Wildman–Crippen LogP) is 3.89. The molecule has 12 nitrogen and oxygen atoms in total. The van der Waals surface area contributed by atoms with Gasteiger partial charge in [0, 0.05) is 75.5 Å². The minimum atomic E-state index is -0.544. The second kappa shape index (κ2) is 11.4. The summed E-state index contributed by atoms with van der Waals surface area (Å²) >= 11 is 0. The third kappa shape index (κ3) is 5.80. The van der Waals surface area contributed by atoms with Crippen molar-refractivity contribution in [2.75, 3.05) is 52.0 Å². The second-order valence-corrected chi connectivity index (χ2v) is 11.3. The lowest BCUT2D eigenvalue weighted by atomic mass is 10.00. The Kier molecular flexibility index (Phi) is 7.91. The Morgan fingerprint density at radius 3 is 2.50 bits per heavy atom. The van der Waals surface area contributed by atoms with E-state index in [1.165, 1.54) is 0 Å². The second-order valence-electron chi connectivity index (χ2n) is 11.3. The maximum absolute atomic E-state index is 13.2. The van der Waals surface area contributed by atoms with Gasteiger partial charge >= 0.3 is 6.09 Å². The van der Waals surface area contributed by atoms with Gasteiger partial charge in [0.15, 0.2) is 12.4 Å². The molecule has 0 bridgehead atoms. The quantitative estimate of drug-likeness (QED) is 0.341. The lowest BCUT2D eigenvalue weighted by Gasteiger charge is -2.36. The molecule has 12 heteroatoms. The van der Waals surface area contributed by atoms with Crippen molar-refractivity contribution >= 4 is 39.6 Å². The van der Waals surface area contributed by atoms with Crippen LogP contribution in [-0.4, -0.2) is 89.4 Å². The van der Waals surface area contributed by atoms with Crippen LogP contribution < -0.4 is 15.0 Å². The van der Waals surface area contributed by atoms with Crippen LogP contribution in [0.5, 0.6) is 5.75 Å². The molecule has 0 spiro atoms. The van der Waals surface area contributed by atoms with E-state index in [1.54, 1.807) is 36.0 Å². The lowest BCUT2D eigenvalue weighted by molar-refractivity contribution is 0.0240. The highest BCUT2D eigenvalue weighted by Gasteiger charge is 2.27. The summed E-state index contributed by atoms with van der Waals surface area (Å²) in [7, 11) is 5.03. The van der Waals surface area contributed by atoms with Crippen LogP contribution in [0.3, 0.4) is 0 Å². The number of nitrogens with one attached hydrogen (secondary N) is 1. The van der Waals surface area contributed by atoms with Gasteiger partial charge in [0.1, 0.15) is 11.4 Å².